The van der Waals surface area contributed by atoms with Crippen LogP contribution in [0.3, 0.4) is 0 Å². The van der Waals surface area contributed by atoms with Crippen LogP contribution in [0.2, 0.25) is 0 Å². The average Bonchev–Trinajstić information content (AvgIpc) is 3.37. The van der Waals surface area contributed by atoms with Gasteiger partial charge in [-0.05, 0) is 22.3 Å². The van der Waals surface area contributed by atoms with E-state index in [1.807, 2.05) is 114 Å². The minimum Gasteiger partial charge on any atom is -0.371 e. The van der Waals surface area contributed by atoms with Crippen LogP contribution in [0.4, 0.5) is 0 Å². The lowest BCUT2D eigenvalue weighted by Crippen LogP contribution is -2.64. The molecule has 5 atom stereocenters. The van der Waals surface area contributed by atoms with E-state index in [4.69, 9.17) is 18.9 Å². The van der Waals surface area contributed by atoms with Crippen molar-refractivity contribution in [2.75, 3.05) is 6.54 Å². The van der Waals surface area contributed by atoms with Crippen LogP contribution in [0.15, 0.2) is 121 Å². The standard InChI is InChI=1S/C36H37NO5/c38-33-21-31(39-23-27-13-5-1-6-14-27)34-36(42-26-30-19-11-4-12-20-30)35(41-25-29-17-9-3-10-18-29)32(22-37(33)34)40-24-28-15-7-2-8-16-28/h1-20,31-32,34-36H,21-26H2/t31-,32+,34-,35-,36-/m1/s1. The number of rotatable bonds is 12. The molecular formula is C36H37NO5. The Morgan fingerprint density at radius 1 is 0.500 bits per heavy atom. The summed E-state index contributed by atoms with van der Waals surface area (Å²) in [5, 5.41) is 0. The number of carbonyl (C=O) groups is 1. The number of amides is 1. The maximum absolute atomic E-state index is 13.4. The number of hydrogen-bond donors (Lipinski definition) is 0. The van der Waals surface area contributed by atoms with Crippen molar-refractivity contribution < 1.29 is 23.7 Å². The molecule has 2 saturated heterocycles. The Morgan fingerprint density at radius 2 is 0.881 bits per heavy atom. The van der Waals surface area contributed by atoms with Gasteiger partial charge in [0.15, 0.2) is 0 Å². The van der Waals surface area contributed by atoms with Gasteiger partial charge in [0.1, 0.15) is 18.3 Å². The first-order valence-electron chi connectivity index (χ1n) is 14.7. The van der Waals surface area contributed by atoms with E-state index in [1.165, 1.54) is 0 Å². The van der Waals surface area contributed by atoms with Crippen LogP contribution in [0.25, 0.3) is 0 Å². The molecule has 6 rings (SSSR count). The highest BCUT2D eigenvalue weighted by Gasteiger charge is 2.54. The Labute approximate surface area is 247 Å². The molecule has 0 saturated carbocycles. The van der Waals surface area contributed by atoms with Gasteiger partial charge in [0.05, 0.1) is 51.5 Å². The number of hydrogen-bond acceptors (Lipinski definition) is 5. The number of benzene rings is 4. The zero-order chi connectivity index (χ0) is 28.6. The monoisotopic (exact) mass is 563 g/mol. The lowest BCUT2D eigenvalue weighted by Gasteiger charge is -2.47. The predicted molar refractivity (Wildman–Crippen MR) is 160 cm³/mol. The van der Waals surface area contributed by atoms with Gasteiger partial charge in [0.2, 0.25) is 5.91 Å². The molecule has 0 bridgehead atoms. The molecule has 2 aliphatic heterocycles. The molecule has 6 nitrogen and oxygen atoms in total. The number of piperidine rings is 1. The number of carbonyl (C=O) groups excluding carboxylic acids is 1. The van der Waals surface area contributed by atoms with Crippen LogP contribution in [0, 0.1) is 0 Å². The third-order valence-electron chi connectivity index (χ3n) is 8.02. The van der Waals surface area contributed by atoms with Crippen molar-refractivity contribution in [2.24, 2.45) is 0 Å². The highest BCUT2D eigenvalue weighted by molar-refractivity contribution is 5.80. The molecule has 216 valence electrons. The molecule has 1 amide bonds. The minimum absolute atomic E-state index is 0.0567. The zero-order valence-electron chi connectivity index (χ0n) is 23.7. The van der Waals surface area contributed by atoms with Gasteiger partial charge in [-0.1, -0.05) is 121 Å². The smallest absolute Gasteiger partial charge is 0.225 e. The maximum atomic E-state index is 13.4. The topological polar surface area (TPSA) is 57.2 Å². The van der Waals surface area contributed by atoms with E-state index in [2.05, 4.69) is 12.1 Å². The fraction of sp³-hybridized carbons (Fsp3) is 0.306. The second-order valence-corrected chi connectivity index (χ2v) is 10.9. The largest absolute Gasteiger partial charge is 0.371 e. The number of ether oxygens (including phenoxy) is 4. The maximum Gasteiger partial charge on any atom is 0.225 e. The summed E-state index contributed by atoms with van der Waals surface area (Å²) in [6.45, 7) is 2.08. The predicted octanol–water partition coefficient (Wildman–Crippen LogP) is 5.94. The van der Waals surface area contributed by atoms with E-state index in [-0.39, 0.29) is 24.2 Å². The van der Waals surface area contributed by atoms with Gasteiger partial charge in [-0.15, -0.1) is 0 Å². The van der Waals surface area contributed by atoms with Crippen LogP contribution >= 0.6 is 0 Å². The summed E-state index contributed by atoms with van der Waals surface area (Å²) in [5.41, 5.74) is 4.27. The summed E-state index contributed by atoms with van der Waals surface area (Å²) in [5.74, 6) is 0.0567. The average molecular weight is 564 g/mol. The highest BCUT2D eigenvalue weighted by atomic mass is 16.6. The Bertz CT molecular complexity index is 1390. The SMILES string of the molecule is O=C1C[C@@H](OCc2ccccc2)[C@@H]2[C@@H](OCc3ccccc3)[C@H](OCc3ccccc3)[C@@H](OCc3ccccc3)CN12. The molecule has 4 aromatic carbocycles. The van der Waals surface area contributed by atoms with Crippen molar-refractivity contribution in [3.05, 3.63) is 144 Å². The minimum atomic E-state index is -0.448. The van der Waals surface area contributed by atoms with Gasteiger partial charge in [-0.2, -0.15) is 0 Å². The molecule has 4 aromatic rings. The van der Waals surface area contributed by atoms with Crippen molar-refractivity contribution in [3.63, 3.8) is 0 Å². The third kappa shape index (κ3) is 6.97. The second kappa shape index (κ2) is 13.9. The van der Waals surface area contributed by atoms with Crippen molar-refractivity contribution in [1.82, 2.24) is 4.90 Å². The van der Waals surface area contributed by atoms with E-state index in [0.29, 0.717) is 39.4 Å². The van der Waals surface area contributed by atoms with Crippen LogP contribution in [0.5, 0.6) is 0 Å². The molecule has 2 heterocycles. The first-order valence-corrected chi connectivity index (χ1v) is 14.7. The van der Waals surface area contributed by atoms with Crippen LogP contribution in [-0.2, 0) is 50.2 Å². The molecule has 0 aromatic heterocycles. The summed E-state index contributed by atoms with van der Waals surface area (Å²) >= 11 is 0. The van der Waals surface area contributed by atoms with E-state index in [0.717, 1.165) is 22.3 Å². The van der Waals surface area contributed by atoms with E-state index >= 15 is 0 Å². The summed E-state index contributed by atoms with van der Waals surface area (Å²) in [7, 11) is 0. The molecule has 2 fully saturated rings. The number of fused-ring (bicyclic) bond motifs is 1. The van der Waals surface area contributed by atoms with Gasteiger partial charge in [-0.25, -0.2) is 0 Å². The first kappa shape index (κ1) is 28.3. The molecule has 42 heavy (non-hydrogen) atoms. The fourth-order valence-electron chi connectivity index (χ4n) is 5.88. The van der Waals surface area contributed by atoms with Crippen molar-refractivity contribution in [3.8, 4) is 0 Å². The van der Waals surface area contributed by atoms with E-state index < -0.39 is 12.2 Å². The van der Waals surface area contributed by atoms with Gasteiger partial charge in [0, 0.05) is 0 Å². The summed E-state index contributed by atoms with van der Waals surface area (Å²) in [4.78, 5) is 15.4. The lowest BCUT2D eigenvalue weighted by molar-refractivity contribution is -0.209. The lowest BCUT2D eigenvalue weighted by atomic mass is 9.91. The molecular weight excluding hydrogens is 526 g/mol. The Hall–Kier alpha value is -3.81. The quantitative estimate of drug-likeness (QED) is 0.214. The molecule has 2 aliphatic rings. The molecule has 0 unspecified atom stereocenters. The van der Waals surface area contributed by atoms with Crippen molar-refractivity contribution in [1.29, 1.82) is 0 Å². The number of nitrogens with zero attached hydrogens (tertiary/aromatic N) is 1. The zero-order valence-corrected chi connectivity index (χ0v) is 23.7. The summed E-state index contributed by atoms with van der Waals surface area (Å²) < 4.78 is 26.4. The molecule has 0 aliphatic carbocycles. The third-order valence-corrected chi connectivity index (χ3v) is 8.02. The Balaban J connectivity index is 1.28. The molecule has 0 N–H and O–H groups in total. The van der Waals surface area contributed by atoms with E-state index in [9.17, 15) is 4.79 Å². The van der Waals surface area contributed by atoms with E-state index in [1.54, 1.807) is 0 Å². The first-order chi connectivity index (χ1) is 20.7. The summed E-state index contributed by atoms with van der Waals surface area (Å²) in [6, 6.07) is 40.1. The van der Waals surface area contributed by atoms with Gasteiger partial charge in [-0.3, -0.25) is 4.79 Å². The molecule has 6 heteroatoms. The molecule has 0 spiro atoms. The van der Waals surface area contributed by atoms with Crippen LogP contribution in [-0.4, -0.2) is 47.8 Å². The van der Waals surface area contributed by atoms with Crippen molar-refractivity contribution >= 4 is 5.91 Å². The van der Waals surface area contributed by atoms with Crippen LogP contribution in [0.1, 0.15) is 28.7 Å². The van der Waals surface area contributed by atoms with Crippen LogP contribution < -0.4 is 0 Å². The normalized spacial score (nSPS) is 23.6. The van der Waals surface area contributed by atoms with Gasteiger partial charge in [0.25, 0.3) is 0 Å². The van der Waals surface area contributed by atoms with Gasteiger partial charge < -0.3 is 23.8 Å². The second-order valence-electron chi connectivity index (χ2n) is 10.9. The highest BCUT2D eigenvalue weighted by Crippen LogP contribution is 2.36. The van der Waals surface area contributed by atoms with Crippen molar-refractivity contribution in [2.45, 2.75) is 63.3 Å². The fourth-order valence-corrected chi connectivity index (χ4v) is 5.88. The van der Waals surface area contributed by atoms with Gasteiger partial charge >= 0.3 is 0 Å². The Morgan fingerprint density at radius 3 is 1.33 bits per heavy atom. The summed E-state index contributed by atoms with van der Waals surface area (Å²) in [6.07, 6.45) is -1.25. The molecule has 0 radical (unpaired) electrons. The Kier molecular flexibility index (Phi) is 9.37.